The molecule has 0 aliphatic carbocycles. The number of hydrogen-bond acceptors (Lipinski definition) is 3. The van der Waals surface area contributed by atoms with E-state index in [9.17, 15) is 4.79 Å². The Hall–Kier alpha value is -0.990. The van der Waals surface area contributed by atoms with Crippen molar-refractivity contribution in [1.29, 1.82) is 0 Å². The number of nitrogens with two attached hydrogens (primary N) is 1. The average Bonchev–Trinajstić information content (AvgIpc) is 2.17. The SMILES string of the molecule is CCCC(C)C(C)C(N)=CC(=O)OCC. The third-order valence-corrected chi connectivity index (χ3v) is 2.69. The van der Waals surface area contributed by atoms with Gasteiger partial charge in [-0.3, -0.25) is 0 Å². The first kappa shape index (κ1) is 14.0. The van der Waals surface area contributed by atoms with Gasteiger partial charge in [-0.1, -0.05) is 33.6 Å². The lowest BCUT2D eigenvalue weighted by molar-refractivity contribution is -0.137. The quantitative estimate of drug-likeness (QED) is 0.544. The molecule has 0 spiro atoms. The van der Waals surface area contributed by atoms with Gasteiger partial charge in [0.1, 0.15) is 0 Å². The molecule has 0 aromatic heterocycles. The van der Waals surface area contributed by atoms with E-state index in [4.69, 9.17) is 10.5 Å². The smallest absolute Gasteiger partial charge is 0.332 e. The number of rotatable bonds is 6. The molecule has 0 aliphatic heterocycles. The zero-order chi connectivity index (χ0) is 11.8. The Morgan fingerprint density at radius 1 is 1.40 bits per heavy atom. The summed E-state index contributed by atoms with van der Waals surface area (Å²) in [6.07, 6.45) is 3.66. The Balaban J connectivity index is 4.28. The summed E-state index contributed by atoms with van der Waals surface area (Å²) >= 11 is 0. The van der Waals surface area contributed by atoms with Crippen LogP contribution in [-0.2, 0) is 9.53 Å². The van der Waals surface area contributed by atoms with E-state index in [0.29, 0.717) is 18.2 Å². The topological polar surface area (TPSA) is 52.3 Å². The van der Waals surface area contributed by atoms with Crippen molar-refractivity contribution in [3.63, 3.8) is 0 Å². The zero-order valence-corrected chi connectivity index (χ0v) is 10.2. The molecule has 88 valence electrons. The highest BCUT2D eigenvalue weighted by Crippen LogP contribution is 2.21. The van der Waals surface area contributed by atoms with Gasteiger partial charge in [-0.15, -0.1) is 0 Å². The largest absolute Gasteiger partial charge is 0.463 e. The van der Waals surface area contributed by atoms with E-state index in [1.165, 1.54) is 6.08 Å². The number of allylic oxidation sites excluding steroid dienone is 1. The number of ether oxygens (including phenoxy) is 1. The molecule has 0 saturated heterocycles. The van der Waals surface area contributed by atoms with Gasteiger partial charge in [-0.25, -0.2) is 4.79 Å². The van der Waals surface area contributed by atoms with Gasteiger partial charge in [-0.2, -0.15) is 0 Å². The Morgan fingerprint density at radius 3 is 2.47 bits per heavy atom. The van der Waals surface area contributed by atoms with E-state index in [1.54, 1.807) is 6.92 Å². The molecular formula is C12H23NO2. The predicted octanol–water partition coefficient (Wildman–Crippen LogP) is 2.46. The van der Waals surface area contributed by atoms with Crippen LogP contribution in [0.4, 0.5) is 0 Å². The fourth-order valence-corrected chi connectivity index (χ4v) is 1.49. The maximum absolute atomic E-state index is 11.2. The molecule has 2 unspecified atom stereocenters. The van der Waals surface area contributed by atoms with E-state index in [2.05, 4.69) is 13.8 Å². The molecule has 3 nitrogen and oxygen atoms in total. The minimum Gasteiger partial charge on any atom is -0.463 e. The highest BCUT2D eigenvalue weighted by atomic mass is 16.5. The standard InChI is InChI=1S/C12H23NO2/c1-5-7-9(3)10(4)11(13)8-12(14)15-6-2/h8-10H,5-7,13H2,1-4H3. The molecule has 0 bridgehead atoms. The third kappa shape index (κ3) is 5.45. The highest BCUT2D eigenvalue weighted by molar-refractivity contribution is 5.82. The monoisotopic (exact) mass is 213 g/mol. The summed E-state index contributed by atoms with van der Waals surface area (Å²) < 4.78 is 4.81. The van der Waals surface area contributed by atoms with Gasteiger partial charge in [0.05, 0.1) is 6.61 Å². The van der Waals surface area contributed by atoms with E-state index in [1.807, 2.05) is 6.92 Å². The summed E-state index contributed by atoms with van der Waals surface area (Å²) in [6, 6.07) is 0. The summed E-state index contributed by atoms with van der Waals surface area (Å²) in [5.74, 6) is 0.389. The zero-order valence-electron chi connectivity index (χ0n) is 10.2. The molecule has 0 radical (unpaired) electrons. The summed E-state index contributed by atoms with van der Waals surface area (Å²) in [6.45, 7) is 8.52. The number of esters is 1. The average molecular weight is 213 g/mol. The first-order chi connectivity index (χ1) is 7.02. The molecule has 0 aromatic carbocycles. The fourth-order valence-electron chi connectivity index (χ4n) is 1.49. The predicted molar refractivity (Wildman–Crippen MR) is 62.1 cm³/mol. The maximum Gasteiger partial charge on any atom is 0.332 e. The van der Waals surface area contributed by atoms with Crippen molar-refractivity contribution in [2.45, 2.75) is 40.5 Å². The molecule has 0 aromatic rings. The van der Waals surface area contributed by atoms with E-state index in [-0.39, 0.29) is 11.9 Å². The Morgan fingerprint density at radius 2 is 2.00 bits per heavy atom. The molecular weight excluding hydrogens is 190 g/mol. The number of carbonyl (C=O) groups is 1. The lowest BCUT2D eigenvalue weighted by atomic mass is 9.89. The van der Waals surface area contributed by atoms with Crippen LogP contribution < -0.4 is 5.73 Å². The van der Waals surface area contributed by atoms with Gasteiger partial charge in [0, 0.05) is 11.8 Å². The van der Waals surface area contributed by atoms with Crippen LogP contribution in [0.15, 0.2) is 11.8 Å². The molecule has 0 fully saturated rings. The minimum absolute atomic E-state index is 0.231. The van der Waals surface area contributed by atoms with Gasteiger partial charge in [-0.05, 0) is 18.8 Å². The third-order valence-electron chi connectivity index (χ3n) is 2.69. The normalized spacial score (nSPS) is 15.9. The first-order valence-corrected chi connectivity index (χ1v) is 5.66. The van der Waals surface area contributed by atoms with Gasteiger partial charge in [0.15, 0.2) is 0 Å². The Labute approximate surface area is 92.7 Å². The maximum atomic E-state index is 11.2. The van der Waals surface area contributed by atoms with Gasteiger partial charge in [0.2, 0.25) is 0 Å². The van der Waals surface area contributed by atoms with Crippen LogP contribution in [0.3, 0.4) is 0 Å². The minimum atomic E-state index is -0.342. The molecule has 15 heavy (non-hydrogen) atoms. The van der Waals surface area contributed by atoms with Crippen LogP contribution in [-0.4, -0.2) is 12.6 Å². The van der Waals surface area contributed by atoms with Crippen molar-refractivity contribution in [3.05, 3.63) is 11.8 Å². The van der Waals surface area contributed by atoms with Crippen molar-refractivity contribution >= 4 is 5.97 Å². The lowest BCUT2D eigenvalue weighted by Gasteiger charge is -2.19. The van der Waals surface area contributed by atoms with Gasteiger partial charge in [0.25, 0.3) is 0 Å². The van der Waals surface area contributed by atoms with Crippen molar-refractivity contribution in [3.8, 4) is 0 Å². The van der Waals surface area contributed by atoms with Gasteiger partial charge >= 0.3 is 5.97 Å². The second-order valence-electron chi connectivity index (χ2n) is 3.95. The van der Waals surface area contributed by atoms with Crippen LogP contribution in [0.25, 0.3) is 0 Å². The van der Waals surface area contributed by atoms with E-state index in [0.717, 1.165) is 12.8 Å². The molecule has 0 heterocycles. The van der Waals surface area contributed by atoms with Crippen molar-refractivity contribution < 1.29 is 9.53 Å². The second-order valence-corrected chi connectivity index (χ2v) is 3.95. The second kappa shape index (κ2) is 7.32. The molecule has 2 atom stereocenters. The molecule has 0 aliphatic rings. The summed E-state index contributed by atoms with van der Waals surface area (Å²) in [7, 11) is 0. The van der Waals surface area contributed by atoms with Gasteiger partial charge < -0.3 is 10.5 Å². The summed E-state index contributed by atoms with van der Waals surface area (Å²) in [5, 5.41) is 0. The van der Waals surface area contributed by atoms with Crippen LogP contribution in [0.1, 0.15) is 40.5 Å². The molecule has 2 N–H and O–H groups in total. The molecule has 0 saturated carbocycles. The summed E-state index contributed by atoms with van der Waals surface area (Å²) in [5.41, 5.74) is 6.46. The van der Waals surface area contributed by atoms with Crippen molar-refractivity contribution in [1.82, 2.24) is 0 Å². The summed E-state index contributed by atoms with van der Waals surface area (Å²) in [4.78, 5) is 11.2. The number of carbonyl (C=O) groups excluding carboxylic acids is 1. The highest BCUT2D eigenvalue weighted by Gasteiger charge is 2.14. The van der Waals surface area contributed by atoms with Crippen molar-refractivity contribution in [2.24, 2.45) is 17.6 Å². The molecule has 0 amide bonds. The number of hydrogen-bond donors (Lipinski definition) is 1. The van der Waals surface area contributed by atoms with E-state index < -0.39 is 0 Å². The molecule has 0 rings (SSSR count). The Bertz CT molecular complexity index is 224. The van der Waals surface area contributed by atoms with E-state index >= 15 is 0 Å². The van der Waals surface area contributed by atoms with Crippen LogP contribution in [0.5, 0.6) is 0 Å². The molecule has 3 heteroatoms. The van der Waals surface area contributed by atoms with Crippen LogP contribution in [0.2, 0.25) is 0 Å². The van der Waals surface area contributed by atoms with Crippen molar-refractivity contribution in [2.75, 3.05) is 6.61 Å². The fraction of sp³-hybridized carbons (Fsp3) is 0.750. The first-order valence-electron chi connectivity index (χ1n) is 5.66. The van der Waals surface area contributed by atoms with Crippen LogP contribution >= 0.6 is 0 Å². The van der Waals surface area contributed by atoms with Crippen LogP contribution in [0, 0.1) is 11.8 Å². The Kier molecular flexibility index (Phi) is 6.84. The lowest BCUT2D eigenvalue weighted by Crippen LogP contribution is -2.18.